The van der Waals surface area contributed by atoms with Crippen molar-refractivity contribution in [2.45, 2.75) is 63.8 Å². The van der Waals surface area contributed by atoms with Crippen LogP contribution in [0.5, 0.6) is 0 Å². The molecule has 8 heteroatoms. The second-order valence-corrected chi connectivity index (χ2v) is 12.1. The molecule has 0 aliphatic carbocycles. The Morgan fingerprint density at radius 3 is 2.30 bits per heavy atom. The number of ether oxygens (including phenoxy) is 1. The third-order valence-electron chi connectivity index (χ3n) is 9.69. The van der Waals surface area contributed by atoms with Crippen LogP contribution in [0.1, 0.15) is 42.9 Å². The highest BCUT2D eigenvalue weighted by Gasteiger charge is 2.79. The summed E-state index contributed by atoms with van der Waals surface area (Å²) in [6, 6.07) is 14.6. The van der Waals surface area contributed by atoms with E-state index in [4.69, 9.17) is 4.74 Å². The zero-order valence-electron chi connectivity index (χ0n) is 25.5. The van der Waals surface area contributed by atoms with Gasteiger partial charge in [0.25, 0.3) is 5.91 Å². The number of anilines is 1. The fourth-order valence-electron chi connectivity index (χ4n) is 7.91. The van der Waals surface area contributed by atoms with Crippen molar-refractivity contribution in [1.82, 2.24) is 9.80 Å². The second-order valence-electron chi connectivity index (χ2n) is 12.1. The van der Waals surface area contributed by atoms with Crippen molar-refractivity contribution in [3.05, 3.63) is 90.5 Å². The number of para-hydroxylation sites is 1. The van der Waals surface area contributed by atoms with Gasteiger partial charge in [-0.3, -0.25) is 14.4 Å². The lowest BCUT2D eigenvalue weighted by Crippen LogP contribution is -2.57. The molecule has 3 aliphatic heterocycles. The minimum atomic E-state index is -1.18. The van der Waals surface area contributed by atoms with Crippen molar-refractivity contribution in [3.63, 3.8) is 0 Å². The molecular formula is C35H43N3O5. The molecule has 2 aromatic carbocycles. The Bertz CT molecular complexity index is 1390. The molecule has 2 bridgehead atoms. The number of benzene rings is 2. The van der Waals surface area contributed by atoms with Gasteiger partial charge in [-0.15, -0.1) is 13.2 Å². The number of rotatable bonds is 12. The normalized spacial score (nSPS) is 27.2. The zero-order valence-corrected chi connectivity index (χ0v) is 25.5. The van der Waals surface area contributed by atoms with Gasteiger partial charge in [0.1, 0.15) is 11.6 Å². The number of amides is 3. The first kappa shape index (κ1) is 30.7. The van der Waals surface area contributed by atoms with E-state index < -0.39 is 29.1 Å². The highest BCUT2D eigenvalue weighted by atomic mass is 16.5. The molecule has 0 saturated carbocycles. The molecule has 2 unspecified atom stereocenters. The Balaban J connectivity index is 1.59. The first-order chi connectivity index (χ1) is 20.7. The van der Waals surface area contributed by atoms with Gasteiger partial charge >= 0.3 is 0 Å². The van der Waals surface area contributed by atoms with E-state index in [0.29, 0.717) is 32.4 Å². The lowest BCUT2D eigenvalue weighted by Gasteiger charge is -2.37. The van der Waals surface area contributed by atoms with E-state index in [9.17, 15) is 19.5 Å². The van der Waals surface area contributed by atoms with Crippen LogP contribution in [0.25, 0.3) is 0 Å². The van der Waals surface area contributed by atoms with Crippen LogP contribution in [-0.4, -0.2) is 76.1 Å². The Morgan fingerprint density at radius 1 is 1.02 bits per heavy atom. The molecule has 3 saturated heterocycles. The number of hydrogen-bond acceptors (Lipinski definition) is 5. The van der Waals surface area contributed by atoms with Crippen LogP contribution in [0.3, 0.4) is 0 Å². The number of aliphatic hydroxyl groups is 1. The molecule has 8 nitrogen and oxygen atoms in total. The van der Waals surface area contributed by atoms with Crippen LogP contribution >= 0.6 is 0 Å². The van der Waals surface area contributed by atoms with Crippen LogP contribution in [0, 0.1) is 25.7 Å². The van der Waals surface area contributed by atoms with Gasteiger partial charge in [0.05, 0.1) is 24.0 Å². The average molecular weight is 586 g/mol. The fourth-order valence-corrected chi connectivity index (χ4v) is 7.91. The minimum absolute atomic E-state index is 0.0219. The topological polar surface area (TPSA) is 90.4 Å². The van der Waals surface area contributed by atoms with Gasteiger partial charge in [-0.1, -0.05) is 67.6 Å². The third-order valence-corrected chi connectivity index (χ3v) is 9.69. The lowest BCUT2D eigenvalue weighted by atomic mass is 9.64. The Morgan fingerprint density at radius 2 is 1.70 bits per heavy atom. The van der Waals surface area contributed by atoms with Crippen molar-refractivity contribution >= 4 is 23.4 Å². The van der Waals surface area contributed by atoms with Crippen molar-refractivity contribution in [3.8, 4) is 0 Å². The molecule has 3 aliphatic rings. The summed E-state index contributed by atoms with van der Waals surface area (Å²) in [7, 11) is 0. The number of carbonyl (C=O) groups is 3. The molecule has 0 radical (unpaired) electrons. The standard InChI is InChI=1S/C35H43N3O5/c1-6-19-36(23-26-15-10-9-11-16-26)31(40)27-28-32(41)38(21-22-39)30(35(28)18-17-34(27,8-3)43-35)33(42)37(20-7-2)29-24(4)13-12-14-25(29)5/h6-7,9-16,27-28,30,39H,1-2,8,17-23H2,3-5H3/t27-,28-,30?,34+,35?/m0/s1. The number of β-amino-alcohol motifs (C(OH)–C–C–N with tert-alkyl or cyclic N) is 1. The highest BCUT2D eigenvalue weighted by Crippen LogP contribution is 2.64. The predicted molar refractivity (Wildman–Crippen MR) is 166 cm³/mol. The van der Waals surface area contributed by atoms with Crippen LogP contribution in [0.15, 0.2) is 73.8 Å². The van der Waals surface area contributed by atoms with Crippen LogP contribution in [0.4, 0.5) is 5.69 Å². The van der Waals surface area contributed by atoms with Gasteiger partial charge in [-0.05, 0) is 49.8 Å². The predicted octanol–water partition coefficient (Wildman–Crippen LogP) is 4.18. The number of carbonyl (C=O) groups excluding carboxylic acids is 3. The van der Waals surface area contributed by atoms with Gasteiger partial charge in [0.15, 0.2) is 0 Å². The van der Waals surface area contributed by atoms with Gasteiger partial charge in [-0.25, -0.2) is 0 Å². The first-order valence-corrected chi connectivity index (χ1v) is 15.2. The SMILES string of the molecule is C=CCN(Cc1ccccc1)C(=O)[C@@H]1[C@H]2C(=O)N(CCO)C(C(=O)N(CC=C)c3c(C)cccc3C)C23CC[C@@]1(CC)O3. The largest absolute Gasteiger partial charge is 0.395 e. The molecule has 0 aromatic heterocycles. The summed E-state index contributed by atoms with van der Waals surface area (Å²) in [5.74, 6) is -2.34. The monoisotopic (exact) mass is 585 g/mol. The molecule has 1 N–H and O–H groups in total. The van der Waals surface area contributed by atoms with Crippen molar-refractivity contribution in [2.75, 3.05) is 31.1 Å². The van der Waals surface area contributed by atoms with Crippen molar-refractivity contribution in [1.29, 1.82) is 0 Å². The Labute approximate surface area is 254 Å². The van der Waals surface area contributed by atoms with E-state index in [1.54, 1.807) is 22.0 Å². The van der Waals surface area contributed by atoms with E-state index in [0.717, 1.165) is 22.4 Å². The Kier molecular flexibility index (Phi) is 8.63. The summed E-state index contributed by atoms with van der Waals surface area (Å²) in [5.41, 5.74) is 1.56. The quantitative estimate of drug-likeness (QED) is 0.378. The summed E-state index contributed by atoms with van der Waals surface area (Å²) >= 11 is 0. The summed E-state index contributed by atoms with van der Waals surface area (Å²) in [6.07, 6.45) is 4.96. The molecule has 3 heterocycles. The molecule has 3 fully saturated rings. The van der Waals surface area contributed by atoms with E-state index in [-0.39, 0.29) is 37.4 Å². The summed E-state index contributed by atoms with van der Waals surface area (Å²) in [5, 5.41) is 10.1. The smallest absolute Gasteiger partial charge is 0.253 e. The lowest BCUT2D eigenvalue weighted by molar-refractivity contribution is -0.151. The maximum atomic E-state index is 14.8. The number of aryl methyl sites for hydroxylation is 2. The molecule has 1 spiro atoms. The molecule has 5 rings (SSSR count). The van der Waals surface area contributed by atoms with E-state index >= 15 is 0 Å². The minimum Gasteiger partial charge on any atom is -0.395 e. The van der Waals surface area contributed by atoms with Gasteiger partial charge in [-0.2, -0.15) is 0 Å². The molecule has 3 amide bonds. The van der Waals surface area contributed by atoms with E-state index in [2.05, 4.69) is 13.2 Å². The summed E-state index contributed by atoms with van der Waals surface area (Å²) < 4.78 is 6.95. The van der Waals surface area contributed by atoms with E-state index in [1.807, 2.05) is 69.3 Å². The third kappa shape index (κ3) is 4.90. The molecule has 5 atom stereocenters. The molecule has 43 heavy (non-hydrogen) atoms. The van der Waals surface area contributed by atoms with Crippen molar-refractivity contribution < 1.29 is 24.2 Å². The van der Waals surface area contributed by atoms with Crippen LogP contribution < -0.4 is 4.90 Å². The molecule has 2 aromatic rings. The Hall–Kier alpha value is -3.75. The fraction of sp³-hybridized carbons (Fsp3) is 0.457. The maximum Gasteiger partial charge on any atom is 0.253 e. The number of fused-ring (bicyclic) bond motifs is 1. The van der Waals surface area contributed by atoms with Crippen LogP contribution in [-0.2, 0) is 25.7 Å². The van der Waals surface area contributed by atoms with Crippen molar-refractivity contribution in [2.24, 2.45) is 11.8 Å². The molecular weight excluding hydrogens is 542 g/mol. The average Bonchev–Trinajstić information content (AvgIpc) is 3.60. The van der Waals surface area contributed by atoms with Gasteiger partial charge < -0.3 is 24.5 Å². The highest BCUT2D eigenvalue weighted by molar-refractivity contribution is 6.05. The second kappa shape index (κ2) is 12.1. The summed E-state index contributed by atoms with van der Waals surface area (Å²) in [6.45, 7) is 14.3. The number of nitrogens with zero attached hydrogens (tertiary/aromatic N) is 3. The van der Waals surface area contributed by atoms with Crippen LogP contribution in [0.2, 0.25) is 0 Å². The first-order valence-electron chi connectivity index (χ1n) is 15.2. The maximum absolute atomic E-state index is 14.8. The zero-order chi connectivity index (χ0) is 30.9. The van der Waals surface area contributed by atoms with Gasteiger partial charge in [0.2, 0.25) is 11.8 Å². The molecule has 228 valence electrons. The van der Waals surface area contributed by atoms with Gasteiger partial charge in [0, 0.05) is 31.9 Å². The van der Waals surface area contributed by atoms with E-state index in [1.165, 1.54) is 4.90 Å². The number of aliphatic hydroxyl groups excluding tert-OH is 1. The summed E-state index contributed by atoms with van der Waals surface area (Å²) in [4.78, 5) is 48.6. The number of hydrogen-bond donors (Lipinski definition) is 1. The number of likely N-dealkylation sites (tertiary alicyclic amines) is 1.